The average Bonchev–Trinajstić information content (AvgIpc) is 2.46. The molecule has 0 aliphatic rings. The van der Waals surface area contributed by atoms with Crippen LogP contribution < -0.4 is 10.6 Å². The Hall–Kier alpha value is -0.770. The van der Waals surface area contributed by atoms with Crippen molar-refractivity contribution in [3.05, 3.63) is 0 Å². The molecule has 0 aliphatic heterocycles. The number of hydrogen-bond acceptors (Lipinski definition) is 4. The van der Waals surface area contributed by atoms with Gasteiger partial charge in [-0.15, -0.1) is 24.0 Å². The summed E-state index contributed by atoms with van der Waals surface area (Å²) in [6, 6.07) is 0. The zero-order valence-corrected chi connectivity index (χ0v) is 18.3. The maximum atomic E-state index is 12.1. The van der Waals surface area contributed by atoms with Crippen LogP contribution >= 0.6 is 24.0 Å². The normalized spacial score (nSPS) is 11.5. The van der Waals surface area contributed by atoms with E-state index >= 15 is 0 Å². The minimum atomic E-state index is -0.477. The van der Waals surface area contributed by atoms with Crippen LogP contribution in [-0.4, -0.2) is 69.0 Å². The topological polar surface area (TPSA) is 75.2 Å². The fraction of sp³-hybridized carbons (Fsp3) is 0.875. The quantitative estimate of drug-likeness (QED) is 0.240. The number of nitrogens with one attached hydrogen (secondary N) is 2. The van der Waals surface area contributed by atoms with Crippen LogP contribution in [0.3, 0.4) is 0 Å². The smallest absolute Gasteiger partial charge is 0.410 e. The van der Waals surface area contributed by atoms with E-state index in [9.17, 15) is 4.79 Å². The first-order chi connectivity index (χ1) is 10.8. The molecule has 0 aliphatic carbocycles. The van der Waals surface area contributed by atoms with E-state index in [0.717, 1.165) is 18.9 Å². The number of nitrogens with zero attached hydrogens (tertiary/aromatic N) is 2. The Morgan fingerprint density at radius 2 is 1.88 bits per heavy atom. The van der Waals surface area contributed by atoms with Gasteiger partial charge in [-0.3, -0.25) is 4.99 Å². The molecule has 1 amide bonds. The molecule has 0 fully saturated rings. The Labute approximate surface area is 164 Å². The lowest BCUT2D eigenvalue weighted by atomic mass is 10.2. The Morgan fingerprint density at radius 3 is 2.38 bits per heavy atom. The van der Waals surface area contributed by atoms with E-state index in [4.69, 9.17) is 9.47 Å². The van der Waals surface area contributed by atoms with Gasteiger partial charge in [0, 0.05) is 46.4 Å². The number of halogens is 1. The molecule has 2 N–H and O–H groups in total. The minimum Gasteiger partial charge on any atom is -0.444 e. The van der Waals surface area contributed by atoms with Gasteiger partial charge in [0.25, 0.3) is 0 Å². The number of guanidine groups is 1. The van der Waals surface area contributed by atoms with Gasteiger partial charge in [0.2, 0.25) is 0 Å². The maximum Gasteiger partial charge on any atom is 0.410 e. The number of carbonyl (C=O) groups excluding carboxylic acids is 1. The van der Waals surface area contributed by atoms with E-state index < -0.39 is 5.60 Å². The lowest BCUT2D eigenvalue weighted by Crippen LogP contribution is -2.44. The van der Waals surface area contributed by atoms with Gasteiger partial charge >= 0.3 is 6.09 Å². The van der Waals surface area contributed by atoms with Gasteiger partial charge < -0.3 is 25.0 Å². The van der Waals surface area contributed by atoms with Gasteiger partial charge in [0.05, 0.1) is 0 Å². The van der Waals surface area contributed by atoms with Crippen molar-refractivity contribution in [1.82, 2.24) is 15.5 Å². The molecular formula is C16H35IN4O3. The molecule has 8 heteroatoms. The fourth-order valence-corrected chi connectivity index (χ4v) is 1.76. The van der Waals surface area contributed by atoms with Crippen LogP contribution in [0.25, 0.3) is 0 Å². The lowest BCUT2D eigenvalue weighted by molar-refractivity contribution is 0.0264. The molecule has 0 spiro atoms. The van der Waals surface area contributed by atoms with Gasteiger partial charge in [-0.2, -0.15) is 0 Å². The third-order valence-electron chi connectivity index (χ3n) is 2.83. The van der Waals surface area contributed by atoms with Gasteiger partial charge in [0.15, 0.2) is 5.96 Å². The van der Waals surface area contributed by atoms with Crippen molar-refractivity contribution in [2.24, 2.45) is 4.99 Å². The summed E-state index contributed by atoms with van der Waals surface area (Å²) in [6.45, 7) is 13.5. The molecule has 0 unspecified atom stereocenters. The van der Waals surface area contributed by atoms with Crippen LogP contribution in [0.15, 0.2) is 4.99 Å². The van der Waals surface area contributed by atoms with Gasteiger partial charge in [0.1, 0.15) is 5.60 Å². The van der Waals surface area contributed by atoms with Crippen molar-refractivity contribution < 1.29 is 14.3 Å². The molecular weight excluding hydrogens is 423 g/mol. The molecule has 0 saturated heterocycles. The van der Waals surface area contributed by atoms with Crippen LogP contribution in [0.2, 0.25) is 0 Å². The van der Waals surface area contributed by atoms with Gasteiger partial charge in [-0.05, 0) is 41.0 Å². The number of ether oxygens (including phenoxy) is 2. The lowest BCUT2D eigenvalue weighted by Gasteiger charge is -2.26. The molecule has 0 atom stereocenters. The Bertz CT molecular complexity index is 360. The number of amides is 1. The zero-order chi connectivity index (χ0) is 17.7. The van der Waals surface area contributed by atoms with E-state index in [-0.39, 0.29) is 30.1 Å². The Morgan fingerprint density at radius 1 is 1.21 bits per heavy atom. The largest absolute Gasteiger partial charge is 0.444 e. The Balaban J connectivity index is 0. The van der Waals surface area contributed by atoms with Crippen LogP contribution in [0, 0.1) is 0 Å². The number of likely N-dealkylation sites (N-methyl/N-ethyl adjacent to an activating group) is 1. The first kappa shape index (κ1) is 25.5. The molecule has 144 valence electrons. The summed E-state index contributed by atoms with van der Waals surface area (Å²) < 4.78 is 10.4. The SMILES string of the molecule is CCNC(=NCCCOC)NCCN(CC)C(=O)OC(C)(C)C.I. The molecule has 0 aromatic heterocycles. The fourth-order valence-electron chi connectivity index (χ4n) is 1.76. The van der Waals surface area contributed by atoms with Gasteiger partial charge in [-0.25, -0.2) is 4.79 Å². The van der Waals surface area contributed by atoms with Crippen LogP contribution in [0.4, 0.5) is 4.79 Å². The van der Waals surface area contributed by atoms with Crippen LogP contribution in [-0.2, 0) is 9.47 Å². The molecule has 0 aromatic carbocycles. The van der Waals surface area contributed by atoms with Crippen LogP contribution in [0.1, 0.15) is 41.0 Å². The third kappa shape index (κ3) is 13.6. The van der Waals surface area contributed by atoms with E-state index in [1.165, 1.54) is 0 Å². The molecule has 0 rings (SSSR count). The standard InChI is InChI=1S/C16H34N4O3.HI/c1-7-17-14(18-10-9-13-22-6)19-11-12-20(8-2)15(21)23-16(3,4)5;/h7-13H2,1-6H3,(H2,17,18,19);1H. The van der Waals surface area contributed by atoms with Crippen molar-refractivity contribution in [3.8, 4) is 0 Å². The molecule has 0 heterocycles. The molecule has 7 nitrogen and oxygen atoms in total. The monoisotopic (exact) mass is 458 g/mol. The molecule has 0 radical (unpaired) electrons. The van der Waals surface area contributed by atoms with Crippen molar-refractivity contribution in [2.45, 2.75) is 46.6 Å². The summed E-state index contributed by atoms with van der Waals surface area (Å²) in [7, 11) is 1.68. The highest BCUT2D eigenvalue weighted by molar-refractivity contribution is 14.0. The predicted octanol–water partition coefficient (Wildman–Crippen LogP) is 2.45. The third-order valence-corrected chi connectivity index (χ3v) is 2.83. The number of rotatable bonds is 9. The number of methoxy groups -OCH3 is 1. The van der Waals surface area contributed by atoms with E-state index in [1.807, 2.05) is 34.6 Å². The number of carbonyl (C=O) groups is 1. The average molecular weight is 458 g/mol. The van der Waals surface area contributed by atoms with Crippen molar-refractivity contribution >= 4 is 36.0 Å². The predicted molar refractivity (Wildman–Crippen MR) is 109 cm³/mol. The van der Waals surface area contributed by atoms with E-state index in [1.54, 1.807) is 12.0 Å². The highest BCUT2D eigenvalue weighted by Gasteiger charge is 2.20. The molecule has 0 saturated carbocycles. The maximum absolute atomic E-state index is 12.1. The second-order valence-corrected chi connectivity index (χ2v) is 6.09. The summed E-state index contributed by atoms with van der Waals surface area (Å²) in [5, 5.41) is 6.41. The highest BCUT2D eigenvalue weighted by Crippen LogP contribution is 2.09. The van der Waals surface area contributed by atoms with Crippen molar-refractivity contribution in [2.75, 3.05) is 46.4 Å². The van der Waals surface area contributed by atoms with Crippen LogP contribution in [0.5, 0.6) is 0 Å². The molecule has 0 bridgehead atoms. The zero-order valence-electron chi connectivity index (χ0n) is 16.0. The summed E-state index contributed by atoms with van der Waals surface area (Å²) in [4.78, 5) is 18.2. The van der Waals surface area contributed by atoms with E-state index in [2.05, 4.69) is 15.6 Å². The summed E-state index contributed by atoms with van der Waals surface area (Å²) in [5.41, 5.74) is -0.477. The summed E-state index contributed by atoms with van der Waals surface area (Å²) in [5.74, 6) is 0.754. The van der Waals surface area contributed by atoms with Crippen molar-refractivity contribution in [1.29, 1.82) is 0 Å². The molecule has 24 heavy (non-hydrogen) atoms. The van der Waals surface area contributed by atoms with E-state index in [0.29, 0.717) is 32.8 Å². The summed E-state index contributed by atoms with van der Waals surface area (Å²) >= 11 is 0. The first-order valence-electron chi connectivity index (χ1n) is 8.33. The highest BCUT2D eigenvalue weighted by atomic mass is 127. The summed E-state index contributed by atoms with van der Waals surface area (Å²) in [6.07, 6.45) is 0.593. The second kappa shape index (κ2) is 14.6. The number of aliphatic imine (C=N–C) groups is 1. The first-order valence-corrected chi connectivity index (χ1v) is 8.33. The Kier molecular flexibility index (Phi) is 15.5. The van der Waals surface area contributed by atoms with Gasteiger partial charge in [-0.1, -0.05) is 0 Å². The second-order valence-electron chi connectivity index (χ2n) is 6.09. The molecule has 0 aromatic rings. The minimum absolute atomic E-state index is 0. The number of hydrogen-bond donors (Lipinski definition) is 2. The van der Waals surface area contributed by atoms with Crippen molar-refractivity contribution in [3.63, 3.8) is 0 Å².